The molecule has 2 unspecified atom stereocenters. The van der Waals surface area contributed by atoms with Gasteiger partial charge < -0.3 is 24.6 Å². The van der Waals surface area contributed by atoms with Crippen LogP contribution >= 0.6 is 0 Å². The maximum Gasteiger partial charge on any atom is 0.350 e. The van der Waals surface area contributed by atoms with E-state index in [2.05, 4.69) is 5.32 Å². The van der Waals surface area contributed by atoms with E-state index in [0.717, 1.165) is 5.56 Å². The number of carbonyl (C=O) groups excluding carboxylic acids is 4. The highest BCUT2D eigenvalue weighted by Gasteiger charge is 2.60. The van der Waals surface area contributed by atoms with Gasteiger partial charge in [0.1, 0.15) is 18.4 Å². The van der Waals surface area contributed by atoms with Gasteiger partial charge in [0, 0.05) is 6.54 Å². The summed E-state index contributed by atoms with van der Waals surface area (Å²) in [6.45, 7) is -0.0855. The third-order valence-corrected chi connectivity index (χ3v) is 5.24. The molecule has 3 amide bonds. The molecule has 0 bridgehead atoms. The Labute approximate surface area is 178 Å². The molecule has 9 nitrogen and oxygen atoms in total. The summed E-state index contributed by atoms with van der Waals surface area (Å²) in [6.07, 6.45) is -0.621. The molecule has 160 valence electrons. The summed E-state index contributed by atoms with van der Waals surface area (Å²) in [5.41, 5.74) is 0.793. The van der Waals surface area contributed by atoms with Gasteiger partial charge in [-0.05, 0) is 17.7 Å². The Hall–Kier alpha value is -3.88. The van der Waals surface area contributed by atoms with Crippen molar-refractivity contribution in [1.29, 1.82) is 0 Å². The van der Waals surface area contributed by atoms with Crippen LogP contribution in [0.25, 0.3) is 0 Å². The number of rotatable bonds is 8. The highest BCUT2D eigenvalue weighted by atomic mass is 16.5. The van der Waals surface area contributed by atoms with Gasteiger partial charge in [-0.15, -0.1) is 0 Å². The molecule has 2 aliphatic rings. The highest BCUT2D eigenvalue weighted by Crippen LogP contribution is 2.32. The summed E-state index contributed by atoms with van der Waals surface area (Å²) in [7, 11) is 0. The number of benzene rings is 2. The molecule has 0 spiro atoms. The molecule has 2 saturated heterocycles. The molecule has 9 heteroatoms. The number of hydrogen-bond acceptors (Lipinski definition) is 6. The van der Waals surface area contributed by atoms with Gasteiger partial charge in [0.25, 0.3) is 5.91 Å². The van der Waals surface area contributed by atoms with Crippen LogP contribution < -0.4 is 10.1 Å². The van der Waals surface area contributed by atoms with E-state index >= 15 is 0 Å². The zero-order chi connectivity index (χ0) is 21.8. The Bertz CT molecular complexity index is 968. The summed E-state index contributed by atoms with van der Waals surface area (Å²) in [4.78, 5) is 51.4. The molecule has 2 aromatic carbocycles. The van der Waals surface area contributed by atoms with E-state index in [1.807, 2.05) is 24.3 Å². The fraction of sp³-hybridized carbons (Fsp3) is 0.273. The summed E-state index contributed by atoms with van der Waals surface area (Å²) in [5.74, 6) is -1.06. The molecular formula is C22H21N3O6. The van der Waals surface area contributed by atoms with Crippen LogP contribution in [0, 0.1) is 0 Å². The van der Waals surface area contributed by atoms with Gasteiger partial charge in [0.15, 0.2) is 6.61 Å². The lowest BCUT2D eigenvalue weighted by molar-refractivity contribution is -0.169. The van der Waals surface area contributed by atoms with Crippen LogP contribution in [-0.2, 0) is 30.5 Å². The van der Waals surface area contributed by atoms with Crippen molar-refractivity contribution < 1.29 is 28.7 Å². The third kappa shape index (κ3) is 4.20. The molecule has 0 aromatic heterocycles. The normalized spacial score (nSPS) is 21.7. The number of hydrogen-bond donors (Lipinski definition) is 1. The fourth-order valence-corrected chi connectivity index (χ4v) is 3.73. The minimum atomic E-state index is -1.13. The highest BCUT2D eigenvalue weighted by molar-refractivity contribution is 5.98. The van der Waals surface area contributed by atoms with Crippen LogP contribution in [0.3, 0.4) is 0 Å². The summed E-state index contributed by atoms with van der Waals surface area (Å²) in [6, 6.07) is 16.6. The van der Waals surface area contributed by atoms with Crippen LogP contribution in [0.2, 0.25) is 0 Å². The number of esters is 1. The van der Waals surface area contributed by atoms with Crippen LogP contribution in [0.1, 0.15) is 5.56 Å². The molecule has 4 rings (SSSR count). The smallest absolute Gasteiger partial charge is 0.350 e. The molecule has 0 aliphatic carbocycles. The molecule has 1 N–H and O–H groups in total. The zero-order valence-corrected chi connectivity index (χ0v) is 16.5. The monoisotopic (exact) mass is 423 g/mol. The molecule has 2 aromatic rings. The lowest BCUT2D eigenvalue weighted by Gasteiger charge is -2.43. The largest absolute Gasteiger partial charge is 0.484 e. The Morgan fingerprint density at radius 3 is 2.42 bits per heavy atom. The Morgan fingerprint density at radius 2 is 1.74 bits per heavy atom. The van der Waals surface area contributed by atoms with E-state index in [1.54, 1.807) is 36.4 Å². The number of carbonyl (C=O) groups is 4. The zero-order valence-electron chi connectivity index (χ0n) is 16.5. The predicted molar refractivity (Wildman–Crippen MR) is 107 cm³/mol. The van der Waals surface area contributed by atoms with Gasteiger partial charge in [-0.1, -0.05) is 48.5 Å². The maximum absolute atomic E-state index is 12.6. The van der Waals surface area contributed by atoms with Crippen molar-refractivity contribution in [3.63, 3.8) is 0 Å². The molecular weight excluding hydrogens is 402 g/mol. The first-order valence-electron chi connectivity index (χ1n) is 9.79. The van der Waals surface area contributed by atoms with Gasteiger partial charge in [-0.3, -0.25) is 14.4 Å². The Balaban J connectivity index is 1.33. The van der Waals surface area contributed by atoms with Crippen molar-refractivity contribution in [2.45, 2.75) is 24.9 Å². The van der Waals surface area contributed by atoms with Gasteiger partial charge in [-0.25, -0.2) is 4.79 Å². The van der Waals surface area contributed by atoms with E-state index in [4.69, 9.17) is 9.47 Å². The van der Waals surface area contributed by atoms with Crippen LogP contribution in [0.4, 0.5) is 0 Å². The van der Waals surface area contributed by atoms with Gasteiger partial charge >= 0.3 is 5.97 Å². The third-order valence-electron chi connectivity index (χ3n) is 5.24. The molecule has 2 aliphatic heterocycles. The van der Waals surface area contributed by atoms with Gasteiger partial charge in [-0.2, -0.15) is 0 Å². The maximum atomic E-state index is 12.6. The van der Waals surface area contributed by atoms with Crippen LogP contribution in [-0.4, -0.2) is 65.4 Å². The Kier molecular flexibility index (Phi) is 5.83. The first-order chi connectivity index (χ1) is 15.1. The van der Waals surface area contributed by atoms with Gasteiger partial charge in [0.2, 0.25) is 18.5 Å². The minimum Gasteiger partial charge on any atom is -0.484 e. The summed E-state index contributed by atoms with van der Waals surface area (Å²) >= 11 is 0. The van der Waals surface area contributed by atoms with E-state index < -0.39 is 36.0 Å². The van der Waals surface area contributed by atoms with Crippen LogP contribution in [0.5, 0.6) is 5.75 Å². The number of nitrogens with zero attached hydrogens (tertiary/aromatic N) is 2. The van der Waals surface area contributed by atoms with Crippen molar-refractivity contribution >= 4 is 24.2 Å². The van der Waals surface area contributed by atoms with E-state index in [9.17, 15) is 19.2 Å². The number of fused-ring (bicyclic) bond motifs is 1. The summed E-state index contributed by atoms with van der Waals surface area (Å²) < 4.78 is 10.7. The number of para-hydroxylation sites is 1. The first kappa shape index (κ1) is 20.4. The second-order valence-electron chi connectivity index (χ2n) is 7.23. The van der Waals surface area contributed by atoms with Crippen molar-refractivity contribution in [2.75, 3.05) is 13.2 Å². The fourth-order valence-electron chi connectivity index (χ4n) is 3.73. The molecule has 31 heavy (non-hydrogen) atoms. The number of ether oxygens (including phenoxy) is 2. The standard InChI is InChI=1S/C22H21N3O6/c26-14-24-11-17-19(23-18(27)13-30-16-9-5-2-6-10-16)21(28)25(17)20(24)22(29)31-12-15-7-3-1-4-8-15/h1-10,14,17,19-20H,11-13H2,(H,23,27)/t17?,19-,20?/m0/s1. The molecule has 2 heterocycles. The van der Waals surface area contributed by atoms with E-state index in [-0.39, 0.29) is 19.8 Å². The molecule has 0 radical (unpaired) electrons. The van der Waals surface area contributed by atoms with E-state index in [0.29, 0.717) is 12.2 Å². The second-order valence-corrected chi connectivity index (χ2v) is 7.23. The van der Waals surface area contributed by atoms with Crippen molar-refractivity contribution in [1.82, 2.24) is 15.1 Å². The second kappa shape index (κ2) is 8.86. The Morgan fingerprint density at radius 1 is 1.06 bits per heavy atom. The average molecular weight is 423 g/mol. The predicted octanol–water partition coefficient (Wildman–Crippen LogP) is 0.303. The topological polar surface area (TPSA) is 105 Å². The lowest BCUT2D eigenvalue weighted by atomic mass is 9.96. The number of β-lactam (4-membered cyclic amide) rings is 1. The summed E-state index contributed by atoms with van der Waals surface area (Å²) in [5, 5.41) is 2.62. The minimum absolute atomic E-state index is 0.0343. The molecule has 3 atom stereocenters. The van der Waals surface area contributed by atoms with Crippen molar-refractivity contribution in [3.8, 4) is 5.75 Å². The van der Waals surface area contributed by atoms with Crippen molar-refractivity contribution in [3.05, 3.63) is 66.2 Å². The number of amides is 3. The van der Waals surface area contributed by atoms with Gasteiger partial charge in [0.05, 0.1) is 6.04 Å². The average Bonchev–Trinajstić information content (AvgIpc) is 3.16. The SMILES string of the molecule is O=CN1CC2[C@H](NC(=O)COc3ccccc3)C(=O)N2C1C(=O)OCc1ccccc1. The molecule has 0 saturated carbocycles. The van der Waals surface area contributed by atoms with Crippen LogP contribution in [0.15, 0.2) is 60.7 Å². The lowest BCUT2D eigenvalue weighted by Crippen LogP contribution is -2.71. The molecule has 2 fully saturated rings. The first-order valence-corrected chi connectivity index (χ1v) is 9.79. The number of nitrogens with one attached hydrogen (secondary N) is 1. The van der Waals surface area contributed by atoms with E-state index in [1.165, 1.54) is 9.80 Å². The quantitative estimate of drug-likeness (QED) is 0.372. The van der Waals surface area contributed by atoms with Crippen molar-refractivity contribution in [2.24, 2.45) is 0 Å².